The zero-order chi connectivity index (χ0) is 40.5. The number of methoxy groups -OCH3 is 2. The minimum Gasteiger partial charge on any atom is -0.453 e. The van der Waals surface area contributed by atoms with Gasteiger partial charge in [0.05, 0.1) is 49.2 Å². The molecule has 0 saturated carbocycles. The number of ether oxygens (including phenoxy) is 2. The molecule has 0 aliphatic carbocycles. The van der Waals surface area contributed by atoms with E-state index < -0.39 is 24.3 Å². The van der Waals surface area contributed by atoms with Gasteiger partial charge in [-0.2, -0.15) is 4.79 Å². The van der Waals surface area contributed by atoms with Gasteiger partial charge in [0.1, 0.15) is 17.7 Å². The van der Waals surface area contributed by atoms with Gasteiger partial charge in [0.15, 0.2) is 6.04 Å². The quantitative estimate of drug-likeness (QED) is 0.128. The van der Waals surface area contributed by atoms with E-state index in [9.17, 15) is 19.2 Å². The van der Waals surface area contributed by atoms with Gasteiger partial charge in [-0.15, -0.1) is 0 Å². The molecule has 0 bridgehead atoms. The Bertz CT molecular complexity index is 2500. The second kappa shape index (κ2) is 16.1. The lowest BCUT2D eigenvalue weighted by molar-refractivity contribution is -0.601. The first-order valence-corrected chi connectivity index (χ1v) is 19.6. The van der Waals surface area contributed by atoms with E-state index in [1.54, 1.807) is 4.90 Å². The maximum Gasteiger partial charge on any atom is 0.513 e. The van der Waals surface area contributed by atoms with Crippen molar-refractivity contribution in [2.75, 3.05) is 27.3 Å². The number of carbonyl (C=O) groups is 4. The summed E-state index contributed by atoms with van der Waals surface area (Å²) < 4.78 is 9.64. The summed E-state index contributed by atoms with van der Waals surface area (Å²) in [5.74, 6) is 1.07. The first-order valence-electron chi connectivity index (χ1n) is 19.6. The van der Waals surface area contributed by atoms with Crippen LogP contribution in [0.3, 0.4) is 0 Å². The van der Waals surface area contributed by atoms with Crippen molar-refractivity contribution in [2.24, 2.45) is 5.92 Å². The van der Waals surface area contributed by atoms with Crippen LogP contribution in [0.2, 0.25) is 0 Å². The van der Waals surface area contributed by atoms with Crippen LogP contribution in [0.25, 0.3) is 44.2 Å². The second-order valence-electron chi connectivity index (χ2n) is 15.3. The number of H-pyrrole nitrogens is 2. The summed E-state index contributed by atoms with van der Waals surface area (Å²) in [5, 5.41) is 6.23. The van der Waals surface area contributed by atoms with Gasteiger partial charge >= 0.3 is 12.2 Å². The Kier molecular flexibility index (Phi) is 10.7. The van der Waals surface area contributed by atoms with Crippen LogP contribution in [0.1, 0.15) is 68.4 Å². The average molecular weight is 784 g/mol. The summed E-state index contributed by atoms with van der Waals surface area (Å²) in [6.45, 7) is 5.02. The molecule has 4 heterocycles. The lowest BCUT2D eigenvalue weighted by atomic mass is 9.98. The van der Waals surface area contributed by atoms with Crippen LogP contribution in [-0.4, -0.2) is 87.1 Å². The van der Waals surface area contributed by atoms with Crippen molar-refractivity contribution in [1.29, 1.82) is 0 Å². The van der Waals surface area contributed by atoms with Gasteiger partial charge in [-0.25, -0.2) is 20.1 Å². The van der Waals surface area contributed by atoms with Crippen LogP contribution in [0.15, 0.2) is 91.1 Å². The molecule has 5 N–H and O–H groups in total. The number of benzene rings is 4. The lowest BCUT2D eigenvalue weighted by Gasteiger charge is -2.41. The molecular weight excluding hydrogens is 737 g/mol. The van der Waals surface area contributed by atoms with E-state index in [0.29, 0.717) is 24.5 Å². The van der Waals surface area contributed by atoms with E-state index in [4.69, 9.17) is 19.4 Å². The summed E-state index contributed by atoms with van der Waals surface area (Å²) in [6.07, 6.45) is 3.04. The molecule has 4 amide bonds. The maximum absolute atomic E-state index is 13.8. The molecule has 4 atom stereocenters. The van der Waals surface area contributed by atoms with Crippen LogP contribution in [0.4, 0.5) is 9.59 Å². The highest BCUT2D eigenvalue weighted by molar-refractivity contribution is 5.92. The van der Waals surface area contributed by atoms with Crippen LogP contribution in [-0.2, 0) is 19.1 Å². The zero-order valence-corrected chi connectivity index (χ0v) is 32.9. The number of imidazole rings is 2. The number of fused-ring (bicyclic) bond motifs is 2. The molecule has 14 nitrogen and oxygen atoms in total. The molecule has 2 fully saturated rings. The number of aromatic nitrogens is 4. The molecule has 6 aromatic rings. The molecule has 2 aromatic heterocycles. The maximum atomic E-state index is 13.8. The highest BCUT2D eigenvalue weighted by atomic mass is 16.5. The number of quaternary nitrogens is 1. The van der Waals surface area contributed by atoms with Crippen molar-refractivity contribution in [2.45, 2.75) is 57.3 Å². The molecule has 4 aromatic carbocycles. The van der Waals surface area contributed by atoms with Gasteiger partial charge in [-0.1, -0.05) is 74.5 Å². The van der Waals surface area contributed by atoms with Gasteiger partial charge in [-0.3, -0.25) is 9.59 Å². The highest BCUT2D eigenvalue weighted by Crippen LogP contribution is 2.37. The highest BCUT2D eigenvalue weighted by Gasteiger charge is 2.41. The van der Waals surface area contributed by atoms with Gasteiger partial charge in [-0.05, 0) is 71.0 Å². The Balaban J connectivity index is 0.976. The second-order valence-corrected chi connectivity index (χ2v) is 15.3. The third-order valence-corrected chi connectivity index (χ3v) is 11.4. The van der Waals surface area contributed by atoms with Gasteiger partial charge in [0, 0.05) is 24.6 Å². The molecule has 58 heavy (non-hydrogen) atoms. The number of nitrogens with two attached hydrogens (primary N) is 1. The minimum absolute atomic E-state index is 0.0551. The van der Waals surface area contributed by atoms with Crippen LogP contribution >= 0.6 is 0 Å². The fourth-order valence-electron chi connectivity index (χ4n) is 8.09. The molecule has 14 heteroatoms. The number of nitrogens with one attached hydrogen (secondary N) is 3. The van der Waals surface area contributed by atoms with Crippen molar-refractivity contribution < 1.29 is 34.0 Å². The Hall–Kier alpha value is -6.54. The summed E-state index contributed by atoms with van der Waals surface area (Å²) in [7, 11) is 2.60. The summed E-state index contributed by atoms with van der Waals surface area (Å²) >= 11 is 0. The molecule has 2 aliphatic heterocycles. The van der Waals surface area contributed by atoms with E-state index in [1.807, 2.05) is 61.3 Å². The normalized spacial score (nSPS) is 17.6. The van der Waals surface area contributed by atoms with E-state index in [2.05, 4.69) is 63.8 Å². The third kappa shape index (κ3) is 7.50. The number of rotatable bonds is 10. The summed E-state index contributed by atoms with van der Waals surface area (Å²) in [4.78, 5) is 71.7. The molecule has 2 saturated heterocycles. The van der Waals surface area contributed by atoms with Crippen LogP contribution < -0.4 is 10.6 Å². The topological polar surface area (TPSA) is 179 Å². The van der Waals surface area contributed by atoms with E-state index >= 15 is 0 Å². The van der Waals surface area contributed by atoms with Crippen LogP contribution in [0, 0.1) is 5.92 Å². The number of likely N-dealkylation sites (tertiary alicyclic amines) is 2. The predicted octanol–water partition coefficient (Wildman–Crippen LogP) is 6.16. The molecule has 298 valence electrons. The monoisotopic (exact) mass is 783 g/mol. The molecular formula is C44H47N8O6+. The SMILES string of the molecule is COC(=O)NC(C(=O)N1CCC1c1nc2ccc(-c3ccc4cc(-c5cnc(C6CCCN6C(=O)C([NH2+]C(=O)OC)C(C)C)[nH]5)ccc4c3)cc2[nH]1)c1ccccc1. The predicted molar refractivity (Wildman–Crippen MR) is 217 cm³/mol. The molecule has 8 rings (SSSR count). The molecule has 4 unspecified atom stereocenters. The number of primary amides is 1. The summed E-state index contributed by atoms with van der Waals surface area (Å²) in [5.41, 5.74) is 6.28. The first-order chi connectivity index (χ1) is 28.1. The fourth-order valence-corrected chi connectivity index (χ4v) is 8.09. The van der Waals surface area contributed by atoms with Crippen LogP contribution in [0.5, 0.6) is 0 Å². The van der Waals surface area contributed by atoms with E-state index in [-0.39, 0.29) is 29.8 Å². The number of alkyl carbamates (subject to hydrolysis) is 1. The average Bonchev–Trinajstić information content (AvgIpc) is 4.01. The lowest BCUT2D eigenvalue weighted by Crippen LogP contribution is -2.96. The van der Waals surface area contributed by atoms with Gasteiger partial charge in [0.25, 0.3) is 11.8 Å². The van der Waals surface area contributed by atoms with E-state index in [1.165, 1.54) is 19.5 Å². The van der Waals surface area contributed by atoms with Crippen molar-refractivity contribution in [3.8, 4) is 22.4 Å². The Morgan fingerprint density at radius 1 is 0.776 bits per heavy atom. The third-order valence-electron chi connectivity index (χ3n) is 11.4. The van der Waals surface area contributed by atoms with Crippen molar-refractivity contribution in [3.63, 3.8) is 0 Å². The Morgan fingerprint density at radius 2 is 1.47 bits per heavy atom. The van der Waals surface area contributed by atoms with Crippen molar-refractivity contribution in [1.82, 2.24) is 35.1 Å². The number of carbonyl (C=O) groups excluding carboxylic acids is 4. The number of nitrogens with zero attached hydrogens (tertiary/aromatic N) is 4. The first kappa shape index (κ1) is 38.3. The molecule has 2 aliphatic rings. The smallest absolute Gasteiger partial charge is 0.453 e. The summed E-state index contributed by atoms with van der Waals surface area (Å²) in [6, 6.07) is 26.1. The van der Waals surface area contributed by atoms with E-state index in [0.717, 1.165) is 69.3 Å². The fraction of sp³-hybridized carbons (Fsp3) is 0.318. The Labute approximate surface area is 335 Å². The largest absolute Gasteiger partial charge is 0.513 e. The zero-order valence-electron chi connectivity index (χ0n) is 32.9. The molecule has 0 radical (unpaired) electrons. The molecule has 0 spiro atoms. The number of aromatic amines is 2. The number of hydrogen-bond acceptors (Lipinski definition) is 8. The van der Waals surface area contributed by atoms with Gasteiger partial charge < -0.3 is 34.6 Å². The van der Waals surface area contributed by atoms with Gasteiger partial charge in [0.2, 0.25) is 0 Å². The van der Waals surface area contributed by atoms with Crippen molar-refractivity contribution in [3.05, 3.63) is 108 Å². The Morgan fingerprint density at radius 3 is 2.17 bits per heavy atom. The minimum atomic E-state index is -0.878. The van der Waals surface area contributed by atoms with Crippen molar-refractivity contribution >= 4 is 45.8 Å². The standard InChI is InChI=1S/C44H46N8O6/c1-25(2)37(49-43(55)57-3)41(53)51-19-8-11-35(51)39-45-24-34(48-39)31-15-14-27-21-28(12-13-29(27)22-31)30-16-17-32-33(23-30)47-40(46-32)36-18-20-52(36)42(54)38(50-44(56)58-4)26-9-6-5-7-10-26/h5-7,9-10,12-17,21-25,35-38H,8,11,18-20H2,1-4H3,(H,45,48)(H,46,47)(H,49,55)(H,50,56)/p+1. The number of amides is 4. The number of hydrogen-bond donors (Lipinski definition) is 4.